The van der Waals surface area contributed by atoms with Crippen molar-refractivity contribution in [3.05, 3.63) is 94.3 Å². The summed E-state index contributed by atoms with van der Waals surface area (Å²) >= 11 is 6.09. The lowest BCUT2D eigenvalue weighted by molar-refractivity contribution is -0.132. The number of hydrogen-bond donors (Lipinski definition) is 1. The first-order chi connectivity index (χ1) is 15.8. The second-order valence-corrected chi connectivity index (χ2v) is 7.68. The third-order valence-corrected chi connectivity index (χ3v) is 5.68. The van der Waals surface area contributed by atoms with Gasteiger partial charge in [-0.05, 0) is 54.1 Å². The second-order valence-electron chi connectivity index (χ2n) is 7.27. The highest BCUT2D eigenvalue weighted by Gasteiger charge is 2.47. The van der Waals surface area contributed by atoms with Crippen LogP contribution in [-0.4, -0.2) is 31.0 Å². The first-order valence-electron chi connectivity index (χ1n) is 9.90. The van der Waals surface area contributed by atoms with Gasteiger partial charge in [0.1, 0.15) is 23.1 Å². The van der Waals surface area contributed by atoms with Crippen LogP contribution in [0.1, 0.15) is 17.2 Å². The fourth-order valence-electron chi connectivity index (χ4n) is 3.81. The molecule has 0 aliphatic carbocycles. The van der Waals surface area contributed by atoms with Crippen molar-refractivity contribution < 1.29 is 28.6 Å². The number of anilines is 1. The van der Waals surface area contributed by atoms with Crippen molar-refractivity contribution in [3.8, 4) is 11.5 Å². The predicted octanol–water partition coefficient (Wildman–Crippen LogP) is 5.12. The van der Waals surface area contributed by atoms with E-state index in [1.54, 1.807) is 24.3 Å². The molecule has 6 nitrogen and oxygen atoms in total. The number of ether oxygens (including phenoxy) is 2. The van der Waals surface area contributed by atoms with E-state index < -0.39 is 29.3 Å². The van der Waals surface area contributed by atoms with Crippen LogP contribution in [-0.2, 0) is 9.59 Å². The average Bonchev–Trinajstić information content (AvgIpc) is 3.09. The fraction of sp³-hybridized carbons (Fsp3) is 0.120. The molecule has 1 amide bonds. The van der Waals surface area contributed by atoms with Gasteiger partial charge in [-0.25, -0.2) is 4.39 Å². The number of methoxy groups -OCH3 is 2. The van der Waals surface area contributed by atoms with Crippen LogP contribution in [0.25, 0.3) is 5.76 Å². The summed E-state index contributed by atoms with van der Waals surface area (Å²) in [5.41, 5.74) is 0.765. The Morgan fingerprint density at radius 3 is 2.45 bits per heavy atom. The van der Waals surface area contributed by atoms with Crippen molar-refractivity contribution in [2.45, 2.75) is 6.04 Å². The molecule has 1 aliphatic rings. The molecule has 0 bridgehead atoms. The first-order valence-corrected chi connectivity index (χ1v) is 10.3. The van der Waals surface area contributed by atoms with Gasteiger partial charge in [-0.2, -0.15) is 0 Å². The summed E-state index contributed by atoms with van der Waals surface area (Å²) in [7, 11) is 2.91. The van der Waals surface area contributed by atoms with E-state index in [2.05, 4.69) is 0 Å². The Bertz CT molecular complexity index is 1290. The third kappa shape index (κ3) is 4.03. The van der Waals surface area contributed by atoms with E-state index in [1.165, 1.54) is 55.5 Å². The molecule has 1 N–H and O–H groups in total. The van der Waals surface area contributed by atoms with E-state index in [-0.39, 0.29) is 22.6 Å². The van der Waals surface area contributed by atoms with Gasteiger partial charge in [0, 0.05) is 11.3 Å². The molecule has 3 aromatic rings. The number of nitrogens with zero attached hydrogens (tertiary/aromatic N) is 1. The zero-order chi connectivity index (χ0) is 23.7. The summed E-state index contributed by atoms with van der Waals surface area (Å²) < 4.78 is 24.5. The number of amides is 1. The van der Waals surface area contributed by atoms with E-state index in [0.29, 0.717) is 16.3 Å². The SMILES string of the molecule is COc1cccc(C2/C(=C(\O)c3ccc(Cl)c(OC)c3)C(=O)C(=O)N2c2cccc(F)c2)c1. The van der Waals surface area contributed by atoms with Crippen LogP contribution in [0.4, 0.5) is 10.1 Å². The van der Waals surface area contributed by atoms with Crippen LogP contribution in [0.2, 0.25) is 5.02 Å². The van der Waals surface area contributed by atoms with Gasteiger partial charge in [-0.1, -0.05) is 29.8 Å². The third-order valence-electron chi connectivity index (χ3n) is 5.36. The monoisotopic (exact) mass is 467 g/mol. The first kappa shape index (κ1) is 22.4. The van der Waals surface area contributed by atoms with Crippen molar-refractivity contribution in [2.24, 2.45) is 0 Å². The predicted molar refractivity (Wildman–Crippen MR) is 122 cm³/mol. The molecule has 0 radical (unpaired) electrons. The second kappa shape index (κ2) is 8.96. The van der Waals surface area contributed by atoms with Gasteiger partial charge < -0.3 is 14.6 Å². The molecule has 0 saturated carbocycles. The number of Topliss-reactive ketones (excluding diaryl/α,β-unsaturated/α-hetero) is 1. The molecule has 0 spiro atoms. The van der Waals surface area contributed by atoms with Crippen molar-refractivity contribution in [2.75, 3.05) is 19.1 Å². The van der Waals surface area contributed by atoms with Crippen LogP contribution >= 0.6 is 11.6 Å². The van der Waals surface area contributed by atoms with Gasteiger partial charge in [-0.15, -0.1) is 0 Å². The molecule has 8 heteroatoms. The Balaban J connectivity index is 1.97. The highest BCUT2D eigenvalue weighted by molar-refractivity contribution is 6.51. The lowest BCUT2D eigenvalue weighted by Gasteiger charge is -2.25. The smallest absolute Gasteiger partial charge is 0.300 e. The van der Waals surface area contributed by atoms with Gasteiger partial charge in [0.05, 0.1) is 30.9 Å². The number of rotatable bonds is 5. The van der Waals surface area contributed by atoms with E-state index in [4.69, 9.17) is 21.1 Å². The van der Waals surface area contributed by atoms with Crippen LogP contribution in [0.5, 0.6) is 11.5 Å². The summed E-state index contributed by atoms with van der Waals surface area (Å²) in [6, 6.07) is 15.6. The average molecular weight is 468 g/mol. The minimum absolute atomic E-state index is 0.151. The molecule has 1 aliphatic heterocycles. The molecule has 1 heterocycles. The number of carbonyl (C=O) groups is 2. The number of halogens is 2. The van der Waals surface area contributed by atoms with Gasteiger partial charge in [0.2, 0.25) is 0 Å². The lowest BCUT2D eigenvalue weighted by Crippen LogP contribution is -2.29. The van der Waals surface area contributed by atoms with Gasteiger partial charge >= 0.3 is 0 Å². The Morgan fingerprint density at radius 1 is 1.00 bits per heavy atom. The zero-order valence-electron chi connectivity index (χ0n) is 17.7. The van der Waals surface area contributed by atoms with Crippen molar-refractivity contribution in [1.82, 2.24) is 0 Å². The van der Waals surface area contributed by atoms with Crippen LogP contribution in [0.15, 0.2) is 72.3 Å². The fourth-order valence-corrected chi connectivity index (χ4v) is 4.01. The molecule has 1 unspecified atom stereocenters. The van der Waals surface area contributed by atoms with Crippen LogP contribution < -0.4 is 14.4 Å². The summed E-state index contributed by atoms with van der Waals surface area (Å²) in [6.07, 6.45) is 0. The Labute approximate surface area is 194 Å². The normalized spacial score (nSPS) is 17.3. The number of hydrogen-bond acceptors (Lipinski definition) is 5. The van der Waals surface area contributed by atoms with Crippen molar-refractivity contribution in [3.63, 3.8) is 0 Å². The highest BCUT2D eigenvalue weighted by atomic mass is 35.5. The molecule has 4 rings (SSSR count). The minimum Gasteiger partial charge on any atom is -0.507 e. The number of aliphatic hydroxyl groups excluding tert-OH is 1. The zero-order valence-corrected chi connectivity index (χ0v) is 18.5. The number of ketones is 1. The summed E-state index contributed by atoms with van der Waals surface area (Å²) in [5, 5.41) is 11.5. The molecule has 33 heavy (non-hydrogen) atoms. The Hall–Kier alpha value is -3.84. The van der Waals surface area contributed by atoms with Gasteiger partial charge in [0.25, 0.3) is 11.7 Å². The van der Waals surface area contributed by atoms with Gasteiger partial charge in [-0.3, -0.25) is 14.5 Å². The maximum absolute atomic E-state index is 14.0. The van der Waals surface area contributed by atoms with E-state index in [9.17, 15) is 19.1 Å². The maximum atomic E-state index is 14.0. The summed E-state index contributed by atoms with van der Waals surface area (Å²) in [4.78, 5) is 27.4. The lowest BCUT2D eigenvalue weighted by atomic mass is 9.95. The minimum atomic E-state index is -1.02. The molecular formula is C25H19ClFNO5. The Kier molecular flexibility index (Phi) is 6.07. The highest BCUT2D eigenvalue weighted by Crippen LogP contribution is 2.43. The summed E-state index contributed by atoms with van der Waals surface area (Å²) in [6.45, 7) is 0. The van der Waals surface area contributed by atoms with Crippen molar-refractivity contribution in [1.29, 1.82) is 0 Å². The quantitative estimate of drug-likeness (QED) is 0.320. The Morgan fingerprint density at radius 2 is 1.76 bits per heavy atom. The molecule has 1 atom stereocenters. The molecule has 0 aromatic heterocycles. The molecular weight excluding hydrogens is 449 g/mol. The van der Waals surface area contributed by atoms with E-state index >= 15 is 0 Å². The van der Waals surface area contributed by atoms with Crippen molar-refractivity contribution >= 4 is 34.7 Å². The number of carbonyl (C=O) groups excluding carboxylic acids is 2. The topological polar surface area (TPSA) is 76.1 Å². The maximum Gasteiger partial charge on any atom is 0.300 e. The number of aliphatic hydroxyl groups is 1. The molecule has 3 aromatic carbocycles. The molecule has 1 fully saturated rings. The molecule has 168 valence electrons. The number of benzene rings is 3. The van der Waals surface area contributed by atoms with Crippen LogP contribution in [0, 0.1) is 5.82 Å². The summed E-state index contributed by atoms with van der Waals surface area (Å²) in [5.74, 6) is -1.99. The molecule has 1 saturated heterocycles. The largest absolute Gasteiger partial charge is 0.507 e. The van der Waals surface area contributed by atoms with E-state index in [0.717, 1.165) is 6.07 Å². The standard InChI is InChI=1S/C25H19ClFNO5/c1-32-18-8-3-5-14(11-18)22-21(23(29)15-9-10-19(26)20(12-15)33-2)24(30)25(31)28(22)17-7-4-6-16(27)13-17/h3-13,22,29H,1-2H3/b23-21+. The van der Waals surface area contributed by atoms with E-state index in [1.807, 2.05) is 0 Å². The van der Waals surface area contributed by atoms with Gasteiger partial charge in [0.15, 0.2) is 0 Å². The van der Waals surface area contributed by atoms with Crippen LogP contribution in [0.3, 0.4) is 0 Å².